The van der Waals surface area contributed by atoms with Crippen LogP contribution in [0.4, 0.5) is 0 Å². The summed E-state index contributed by atoms with van der Waals surface area (Å²) in [5.74, 6) is 0.865. The first-order valence-electron chi connectivity index (χ1n) is 8.20. The molecule has 3 nitrogen and oxygen atoms in total. The summed E-state index contributed by atoms with van der Waals surface area (Å²) in [5, 5.41) is 3.50. The molecule has 0 bridgehead atoms. The van der Waals surface area contributed by atoms with Crippen molar-refractivity contribution in [3.8, 4) is 0 Å². The summed E-state index contributed by atoms with van der Waals surface area (Å²) in [6.45, 7) is 8.28. The Balaban J connectivity index is 1.82. The van der Waals surface area contributed by atoms with Gasteiger partial charge in [-0.25, -0.2) is 0 Å². The number of hydrogen-bond acceptors (Lipinski definition) is 3. The van der Waals surface area contributed by atoms with E-state index in [1.165, 1.54) is 44.9 Å². The first kappa shape index (κ1) is 15.3. The van der Waals surface area contributed by atoms with Crippen molar-refractivity contribution in [1.29, 1.82) is 0 Å². The fraction of sp³-hybridized carbons (Fsp3) is 1.00. The topological polar surface area (TPSA) is 30.5 Å². The largest absolute Gasteiger partial charge is 0.376 e. The van der Waals surface area contributed by atoms with Gasteiger partial charge in [0, 0.05) is 13.2 Å². The maximum Gasteiger partial charge on any atom is 0.0808 e. The Morgan fingerprint density at radius 2 is 2.00 bits per heavy atom. The van der Waals surface area contributed by atoms with Crippen LogP contribution in [-0.2, 0) is 9.47 Å². The summed E-state index contributed by atoms with van der Waals surface area (Å²) in [6.07, 6.45) is 9.04. The maximum atomic E-state index is 6.37. The molecule has 0 radical (unpaired) electrons. The molecule has 0 aromatic carbocycles. The van der Waals surface area contributed by atoms with E-state index in [1.807, 2.05) is 0 Å². The van der Waals surface area contributed by atoms with Gasteiger partial charge in [-0.15, -0.1) is 0 Å². The van der Waals surface area contributed by atoms with Gasteiger partial charge in [0.05, 0.1) is 18.3 Å². The molecule has 1 saturated heterocycles. The zero-order valence-electron chi connectivity index (χ0n) is 12.7. The molecular weight excluding hydrogens is 238 g/mol. The van der Waals surface area contributed by atoms with Crippen LogP contribution in [0.3, 0.4) is 0 Å². The van der Waals surface area contributed by atoms with Gasteiger partial charge in [0.25, 0.3) is 0 Å². The molecule has 3 heteroatoms. The third-order valence-corrected chi connectivity index (χ3v) is 4.73. The molecule has 1 N–H and O–H groups in total. The molecule has 112 valence electrons. The molecule has 2 rings (SSSR count). The van der Waals surface area contributed by atoms with Gasteiger partial charge in [0.2, 0.25) is 0 Å². The highest BCUT2D eigenvalue weighted by atomic mass is 16.5. The average Bonchev–Trinajstić information content (AvgIpc) is 2.47. The van der Waals surface area contributed by atoms with Gasteiger partial charge < -0.3 is 14.8 Å². The third-order valence-electron chi connectivity index (χ3n) is 4.73. The average molecular weight is 269 g/mol. The molecule has 0 spiro atoms. The van der Waals surface area contributed by atoms with E-state index in [4.69, 9.17) is 9.47 Å². The molecule has 0 amide bonds. The van der Waals surface area contributed by atoms with E-state index in [-0.39, 0.29) is 5.60 Å². The Morgan fingerprint density at radius 1 is 1.21 bits per heavy atom. The number of likely N-dealkylation sites (N-methyl/N-ethyl adjacent to an activating group) is 1. The van der Waals surface area contributed by atoms with E-state index >= 15 is 0 Å². The standard InChI is InChI=1S/C16H31NO2/c1-3-17-13-16(9-7-14(2)8-10-16)19-12-15-6-4-5-11-18-15/h14-15,17H,3-13H2,1-2H3. The van der Waals surface area contributed by atoms with Gasteiger partial charge in [-0.2, -0.15) is 0 Å². The quantitative estimate of drug-likeness (QED) is 0.803. The fourth-order valence-corrected chi connectivity index (χ4v) is 3.22. The van der Waals surface area contributed by atoms with Crippen molar-refractivity contribution in [2.24, 2.45) is 5.92 Å². The Hall–Kier alpha value is -0.120. The minimum atomic E-state index is 0.0727. The number of hydrogen-bond donors (Lipinski definition) is 1. The molecule has 1 aliphatic carbocycles. The second kappa shape index (κ2) is 7.61. The van der Waals surface area contributed by atoms with Crippen molar-refractivity contribution in [3.05, 3.63) is 0 Å². The summed E-state index contributed by atoms with van der Waals surface area (Å²) in [6, 6.07) is 0. The van der Waals surface area contributed by atoms with Crippen molar-refractivity contribution in [1.82, 2.24) is 5.32 Å². The Morgan fingerprint density at radius 3 is 2.63 bits per heavy atom. The molecule has 2 aliphatic rings. The maximum absolute atomic E-state index is 6.37. The van der Waals surface area contributed by atoms with Gasteiger partial charge >= 0.3 is 0 Å². The number of ether oxygens (including phenoxy) is 2. The van der Waals surface area contributed by atoms with Crippen molar-refractivity contribution in [2.45, 2.75) is 70.5 Å². The van der Waals surface area contributed by atoms with Crippen LogP contribution in [0.2, 0.25) is 0 Å². The monoisotopic (exact) mass is 269 g/mol. The van der Waals surface area contributed by atoms with Crippen LogP contribution in [0, 0.1) is 5.92 Å². The minimum absolute atomic E-state index is 0.0727. The van der Waals surface area contributed by atoms with Crippen LogP contribution in [0.1, 0.15) is 58.8 Å². The smallest absolute Gasteiger partial charge is 0.0808 e. The predicted molar refractivity (Wildman–Crippen MR) is 78.4 cm³/mol. The van der Waals surface area contributed by atoms with Crippen LogP contribution in [0.25, 0.3) is 0 Å². The Kier molecular flexibility index (Phi) is 6.11. The van der Waals surface area contributed by atoms with Crippen LogP contribution < -0.4 is 5.32 Å². The van der Waals surface area contributed by atoms with Crippen molar-refractivity contribution in [3.63, 3.8) is 0 Å². The summed E-state index contributed by atoms with van der Waals surface area (Å²) in [7, 11) is 0. The highest BCUT2D eigenvalue weighted by Gasteiger charge is 2.35. The highest BCUT2D eigenvalue weighted by molar-refractivity contribution is 4.89. The van der Waals surface area contributed by atoms with Crippen molar-refractivity contribution < 1.29 is 9.47 Å². The second-order valence-electron chi connectivity index (χ2n) is 6.45. The van der Waals surface area contributed by atoms with E-state index in [0.29, 0.717) is 6.10 Å². The molecule has 1 atom stereocenters. The zero-order chi connectivity index (χ0) is 13.6. The zero-order valence-corrected chi connectivity index (χ0v) is 12.7. The van der Waals surface area contributed by atoms with E-state index in [9.17, 15) is 0 Å². The fourth-order valence-electron chi connectivity index (χ4n) is 3.22. The molecule has 1 aliphatic heterocycles. The van der Waals surface area contributed by atoms with Gasteiger partial charge in [-0.3, -0.25) is 0 Å². The summed E-state index contributed by atoms with van der Waals surface area (Å²) >= 11 is 0. The third kappa shape index (κ3) is 4.73. The molecule has 0 aromatic rings. The lowest BCUT2D eigenvalue weighted by Gasteiger charge is -2.40. The van der Waals surface area contributed by atoms with E-state index in [0.717, 1.165) is 32.2 Å². The summed E-state index contributed by atoms with van der Waals surface area (Å²) in [5.41, 5.74) is 0.0727. The van der Waals surface area contributed by atoms with Crippen molar-refractivity contribution >= 4 is 0 Å². The van der Waals surface area contributed by atoms with E-state index in [2.05, 4.69) is 19.2 Å². The Bertz CT molecular complexity index is 238. The van der Waals surface area contributed by atoms with Crippen LogP contribution >= 0.6 is 0 Å². The second-order valence-corrected chi connectivity index (χ2v) is 6.45. The lowest BCUT2D eigenvalue weighted by atomic mass is 9.79. The lowest BCUT2D eigenvalue weighted by molar-refractivity contribution is -0.123. The van der Waals surface area contributed by atoms with E-state index < -0.39 is 0 Å². The van der Waals surface area contributed by atoms with E-state index in [1.54, 1.807) is 0 Å². The minimum Gasteiger partial charge on any atom is -0.376 e. The number of nitrogens with one attached hydrogen (secondary N) is 1. The Labute approximate surface area is 118 Å². The number of rotatable bonds is 6. The van der Waals surface area contributed by atoms with Crippen LogP contribution in [0.15, 0.2) is 0 Å². The molecule has 0 aromatic heterocycles. The van der Waals surface area contributed by atoms with Gasteiger partial charge in [-0.1, -0.05) is 13.8 Å². The van der Waals surface area contributed by atoms with Gasteiger partial charge in [0.1, 0.15) is 0 Å². The van der Waals surface area contributed by atoms with Crippen LogP contribution in [-0.4, -0.2) is 38.0 Å². The molecule has 19 heavy (non-hydrogen) atoms. The summed E-state index contributed by atoms with van der Waals surface area (Å²) < 4.78 is 12.2. The molecule has 1 heterocycles. The van der Waals surface area contributed by atoms with Crippen molar-refractivity contribution in [2.75, 3.05) is 26.3 Å². The summed E-state index contributed by atoms with van der Waals surface area (Å²) in [4.78, 5) is 0. The highest BCUT2D eigenvalue weighted by Crippen LogP contribution is 2.35. The first-order valence-corrected chi connectivity index (χ1v) is 8.20. The van der Waals surface area contributed by atoms with Crippen LogP contribution in [0.5, 0.6) is 0 Å². The molecule has 1 unspecified atom stereocenters. The first-order chi connectivity index (χ1) is 9.24. The predicted octanol–water partition coefficient (Wildman–Crippen LogP) is 3.13. The van der Waals surface area contributed by atoms with Gasteiger partial charge in [-0.05, 0) is 57.4 Å². The lowest BCUT2D eigenvalue weighted by Crippen LogP contribution is -2.47. The molecule has 2 fully saturated rings. The molecular formula is C16H31NO2. The van der Waals surface area contributed by atoms with Gasteiger partial charge in [0.15, 0.2) is 0 Å². The molecule has 1 saturated carbocycles. The normalized spacial score (nSPS) is 36.3. The SMILES string of the molecule is CCNCC1(OCC2CCCCO2)CCC(C)CC1.